The van der Waals surface area contributed by atoms with Crippen LogP contribution in [-0.4, -0.2) is 16.4 Å². The van der Waals surface area contributed by atoms with Crippen LogP contribution in [0.5, 0.6) is 0 Å². The van der Waals surface area contributed by atoms with Gasteiger partial charge in [-0.3, -0.25) is 9.98 Å². The highest BCUT2D eigenvalue weighted by Crippen LogP contribution is 2.16. The van der Waals surface area contributed by atoms with Crippen LogP contribution < -0.4 is 0 Å². The van der Waals surface area contributed by atoms with Crippen molar-refractivity contribution in [2.45, 2.75) is 20.3 Å². The molecule has 0 amide bonds. The minimum atomic E-state index is 0.852. The van der Waals surface area contributed by atoms with Crippen molar-refractivity contribution in [3.63, 3.8) is 0 Å². The first-order valence-corrected chi connectivity index (χ1v) is 8.99. The monoisotopic (exact) mass is 353 g/mol. The van der Waals surface area contributed by atoms with E-state index in [9.17, 15) is 0 Å². The van der Waals surface area contributed by atoms with Crippen molar-refractivity contribution in [2.24, 2.45) is 9.98 Å². The van der Waals surface area contributed by atoms with Crippen LogP contribution in [0.4, 0.5) is 11.4 Å². The van der Waals surface area contributed by atoms with Crippen LogP contribution in [0.1, 0.15) is 30.8 Å². The van der Waals surface area contributed by atoms with Crippen molar-refractivity contribution in [2.75, 3.05) is 0 Å². The van der Waals surface area contributed by atoms with Crippen LogP contribution in [0.25, 0.3) is 0 Å². The van der Waals surface area contributed by atoms with Gasteiger partial charge in [0.25, 0.3) is 0 Å². The highest BCUT2D eigenvalue weighted by atomic mass is 14.8. The molecule has 0 bridgehead atoms. The molecule has 0 N–H and O–H groups in total. The van der Waals surface area contributed by atoms with Gasteiger partial charge in [-0.15, -0.1) is 6.58 Å². The maximum absolute atomic E-state index is 4.74. The zero-order valence-corrected chi connectivity index (χ0v) is 15.8. The maximum atomic E-state index is 4.74. The Bertz CT molecular complexity index is 968. The zero-order chi connectivity index (χ0) is 19.1. The summed E-state index contributed by atoms with van der Waals surface area (Å²) in [5.74, 6) is 0. The number of aliphatic imine (C=N–C) groups is 2. The highest BCUT2D eigenvalue weighted by molar-refractivity contribution is 6.02. The first kappa shape index (κ1) is 18.5. The number of benzene rings is 2. The van der Waals surface area contributed by atoms with Crippen LogP contribution in [0.3, 0.4) is 0 Å². The maximum Gasteiger partial charge on any atom is 0.0849 e. The lowest BCUT2D eigenvalue weighted by Crippen LogP contribution is -2.04. The molecule has 0 fully saturated rings. The van der Waals surface area contributed by atoms with E-state index >= 15 is 0 Å². The van der Waals surface area contributed by atoms with Gasteiger partial charge in [0, 0.05) is 0 Å². The van der Waals surface area contributed by atoms with Gasteiger partial charge in [0.15, 0.2) is 0 Å². The summed E-state index contributed by atoms with van der Waals surface area (Å²) < 4.78 is 0. The van der Waals surface area contributed by atoms with Gasteiger partial charge in [0.2, 0.25) is 0 Å². The Kier molecular flexibility index (Phi) is 6.06. The third kappa shape index (κ3) is 5.08. The van der Waals surface area contributed by atoms with E-state index in [1.807, 2.05) is 80.6 Å². The predicted molar refractivity (Wildman–Crippen MR) is 115 cm³/mol. The number of rotatable bonds is 6. The highest BCUT2D eigenvalue weighted by Gasteiger charge is 2.05. The minimum absolute atomic E-state index is 0.852. The molecule has 0 saturated carbocycles. The van der Waals surface area contributed by atoms with E-state index in [2.05, 4.69) is 23.7 Å². The van der Waals surface area contributed by atoms with Gasteiger partial charge >= 0.3 is 0 Å². The van der Waals surface area contributed by atoms with Gasteiger partial charge in [-0.25, -0.2) is 4.98 Å². The molecule has 1 heterocycles. The molecule has 0 radical (unpaired) electrons. The number of pyridine rings is 1. The summed E-state index contributed by atoms with van der Waals surface area (Å²) >= 11 is 0. The molecular formula is C24H23N3. The third-order valence-electron chi connectivity index (χ3n) is 4.16. The summed E-state index contributed by atoms with van der Waals surface area (Å²) in [4.78, 5) is 14.1. The summed E-state index contributed by atoms with van der Waals surface area (Å²) in [5.41, 5.74) is 6.53. The molecule has 0 aliphatic heterocycles. The van der Waals surface area contributed by atoms with Crippen LogP contribution in [-0.2, 0) is 6.42 Å². The van der Waals surface area contributed by atoms with Crippen LogP contribution >= 0.6 is 0 Å². The second-order valence-corrected chi connectivity index (χ2v) is 6.30. The zero-order valence-electron chi connectivity index (χ0n) is 15.8. The van der Waals surface area contributed by atoms with Crippen molar-refractivity contribution in [1.82, 2.24) is 4.98 Å². The summed E-state index contributed by atoms with van der Waals surface area (Å²) in [6.07, 6.45) is 2.77. The quantitative estimate of drug-likeness (QED) is 0.390. The van der Waals surface area contributed by atoms with Crippen LogP contribution in [0.15, 0.2) is 95.4 Å². The molecule has 27 heavy (non-hydrogen) atoms. The van der Waals surface area contributed by atoms with Crippen molar-refractivity contribution >= 4 is 22.8 Å². The van der Waals surface area contributed by atoms with E-state index in [4.69, 9.17) is 9.98 Å². The fraction of sp³-hybridized carbons (Fsp3) is 0.125. The van der Waals surface area contributed by atoms with Crippen LogP contribution in [0, 0.1) is 0 Å². The number of para-hydroxylation sites is 1. The number of allylic oxidation sites excluding steroid dienone is 1. The van der Waals surface area contributed by atoms with Crippen molar-refractivity contribution in [3.8, 4) is 0 Å². The lowest BCUT2D eigenvalue weighted by molar-refractivity contribution is 1.23. The lowest BCUT2D eigenvalue weighted by atomic mass is 10.1. The van der Waals surface area contributed by atoms with Crippen molar-refractivity contribution < 1.29 is 0 Å². The molecule has 3 rings (SSSR count). The number of hydrogen-bond acceptors (Lipinski definition) is 3. The molecule has 2 aromatic carbocycles. The molecule has 1 aromatic heterocycles. The number of nitrogens with zero attached hydrogens (tertiary/aromatic N) is 3. The van der Waals surface area contributed by atoms with E-state index in [0.29, 0.717) is 0 Å². The summed E-state index contributed by atoms with van der Waals surface area (Å²) in [6.45, 7) is 7.73. The molecule has 3 aromatic rings. The lowest BCUT2D eigenvalue weighted by Gasteiger charge is -2.05. The molecule has 0 unspecified atom stereocenters. The summed E-state index contributed by atoms with van der Waals surface area (Å²) in [6, 6.07) is 24.1. The molecule has 0 spiro atoms. The molecule has 3 nitrogen and oxygen atoms in total. The van der Waals surface area contributed by atoms with E-state index in [1.54, 1.807) is 0 Å². The van der Waals surface area contributed by atoms with Gasteiger partial charge in [-0.1, -0.05) is 42.5 Å². The average Bonchev–Trinajstić information content (AvgIpc) is 2.70. The van der Waals surface area contributed by atoms with E-state index in [-0.39, 0.29) is 0 Å². The summed E-state index contributed by atoms with van der Waals surface area (Å²) in [5, 5.41) is 0. The Balaban J connectivity index is 1.83. The van der Waals surface area contributed by atoms with Gasteiger partial charge in [-0.05, 0) is 62.2 Å². The Morgan fingerprint density at radius 2 is 1.33 bits per heavy atom. The Morgan fingerprint density at radius 1 is 0.778 bits per heavy atom. The second kappa shape index (κ2) is 8.86. The van der Waals surface area contributed by atoms with Gasteiger partial charge in [-0.2, -0.15) is 0 Å². The molecular weight excluding hydrogens is 330 g/mol. The first-order chi connectivity index (χ1) is 13.2. The Hall–Kier alpha value is -3.33. The molecule has 134 valence electrons. The van der Waals surface area contributed by atoms with Gasteiger partial charge in [0.1, 0.15) is 0 Å². The molecule has 0 aliphatic rings. The van der Waals surface area contributed by atoms with Gasteiger partial charge < -0.3 is 0 Å². The molecule has 3 heteroatoms. The minimum Gasteiger partial charge on any atom is -0.252 e. The van der Waals surface area contributed by atoms with E-state index < -0.39 is 0 Å². The third-order valence-corrected chi connectivity index (χ3v) is 4.16. The van der Waals surface area contributed by atoms with E-state index in [0.717, 1.165) is 40.6 Å². The number of aromatic nitrogens is 1. The summed E-state index contributed by atoms with van der Waals surface area (Å²) in [7, 11) is 0. The normalized spacial score (nSPS) is 12.1. The predicted octanol–water partition coefficient (Wildman–Crippen LogP) is 6.09. The smallest absolute Gasteiger partial charge is 0.0849 e. The SMILES string of the molecule is C=CCc1ccc(N=C(C)c2cccc(C(C)=Nc3ccccc3)n2)cc1. The topological polar surface area (TPSA) is 37.6 Å². The Labute approximate surface area is 160 Å². The molecule has 0 atom stereocenters. The second-order valence-electron chi connectivity index (χ2n) is 6.30. The molecule has 0 saturated heterocycles. The molecule has 0 aliphatic carbocycles. The Morgan fingerprint density at radius 3 is 1.89 bits per heavy atom. The van der Waals surface area contributed by atoms with Crippen molar-refractivity contribution in [1.29, 1.82) is 0 Å². The van der Waals surface area contributed by atoms with E-state index in [1.165, 1.54) is 5.56 Å². The average molecular weight is 353 g/mol. The number of hydrogen-bond donors (Lipinski definition) is 0. The standard InChI is InChI=1S/C24H23N3/c1-4-9-20-14-16-22(17-15-20)26-19(3)24-13-8-12-23(27-24)18(2)25-21-10-6-5-7-11-21/h4-8,10-17H,1,9H2,2-3H3. The van der Waals surface area contributed by atoms with Crippen LogP contribution in [0.2, 0.25) is 0 Å². The first-order valence-electron chi connectivity index (χ1n) is 8.99. The fourth-order valence-electron chi connectivity index (χ4n) is 2.72. The van der Waals surface area contributed by atoms with Gasteiger partial charge in [0.05, 0.1) is 34.2 Å². The largest absolute Gasteiger partial charge is 0.252 e. The fourth-order valence-corrected chi connectivity index (χ4v) is 2.72. The van der Waals surface area contributed by atoms with Crippen molar-refractivity contribution in [3.05, 3.63) is 102 Å².